The summed E-state index contributed by atoms with van der Waals surface area (Å²) in [6, 6.07) is 8.40. The van der Waals surface area contributed by atoms with Gasteiger partial charge in [-0.25, -0.2) is 0 Å². The highest BCUT2D eigenvalue weighted by molar-refractivity contribution is 8.00. The number of methoxy groups -OCH3 is 1. The number of carbonyl (C=O) groups excluding carboxylic acids is 1. The van der Waals surface area contributed by atoms with Gasteiger partial charge in [0.05, 0.1) is 12.4 Å². The van der Waals surface area contributed by atoms with Crippen molar-refractivity contribution in [1.29, 1.82) is 0 Å². The molecule has 0 aromatic heterocycles. The van der Waals surface area contributed by atoms with Gasteiger partial charge < -0.3 is 15.4 Å². The van der Waals surface area contributed by atoms with E-state index in [1.165, 1.54) is 5.56 Å². The summed E-state index contributed by atoms with van der Waals surface area (Å²) >= 11 is 1.55. The summed E-state index contributed by atoms with van der Waals surface area (Å²) in [5.41, 5.74) is 1.27. The van der Waals surface area contributed by atoms with Gasteiger partial charge in [0.2, 0.25) is 5.91 Å². The molecule has 1 aromatic rings. The van der Waals surface area contributed by atoms with E-state index >= 15 is 0 Å². The number of ether oxygens (including phenoxy) is 1. The van der Waals surface area contributed by atoms with Crippen molar-refractivity contribution < 1.29 is 9.53 Å². The Balaban J connectivity index is 2.30. The lowest BCUT2D eigenvalue weighted by molar-refractivity contribution is -0.119. The van der Waals surface area contributed by atoms with Gasteiger partial charge in [-0.3, -0.25) is 4.79 Å². The lowest BCUT2D eigenvalue weighted by Gasteiger charge is -2.12. The molecule has 0 fully saturated rings. The van der Waals surface area contributed by atoms with Crippen LogP contribution in [0.4, 0.5) is 0 Å². The molecule has 118 valence electrons. The molecule has 1 aromatic carbocycles. The van der Waals surface area contributed by atoms with Crippen LogP contribution in [0.25, 0.3) is 0 Å². The molecule has 0 saturated heterocycles. The van der Waals surface area contributed by atoms with E-state index in [0.29, 0.717) is 12.4 Å². The maximum atomic E-state index is 11.7. The molecule has 0 aliphatic heterocycles. The summed E-state index contributed by atoms with van der Waals surface area (Å²) in [6.07, 6.45) is 1.14. The van der Waals surface area contributed by atoms with Crippen LogP contribution in [0, 0.1) is 0 Å². The molecule has 5 heteroatoms. The minimum Gasteiger partial charge on any atom is -0.383 e. The predicted octanol–water partition coefficient (Wildman–Crippen LogP) is 2.43. The number of hydrogen-bond donors (Lipinski definition) is 2. The first-order chi connectivity index (χ1) is 10.2. The Morgan fingerprint density at radius 1 is 1.33 bits per heavy atom. The molecule has 1 rings (SSSR count). The molecule has 0 spiro atoms. The predicted molar refractivity (Wildman–Crippen MR) is 88.6 cm³/mol. The Bertz CT molecular complexity index is 409. The molecule has 2 N–H and O–H groups in total. The minimum absolute atomic E-state index is 0.0400. The van der Waals surface area contributed by atoms with Crippen molar-refractivity contribution in [3.05, 3.63) is 29.8 Å². The SMILES string of the molecule is CCCNCc1ccc(SCC(=O)NC(C)COC)cc1. The summed E-state index contributed by atoms with van der Waals surface area (Å²) in [5, 5.41) is 6.27. The third kappa shape index (κ3) is 8.09. The van der Waals surface area contributed by atoms with Gasteiger partial charge in [-0.05, 0) is 37.6 Å². The van der Waals surface area contributed by atoms with Crippen molar-refractivity contribution in [3.8, 4) is 0 Å². The third-order valence-electron chi connectivity index (χ3n) is 2.87. The molecule has 0 saturated carbocycles. The zero-order chi connectivity index (χ0) is 15.5. The standard InChI is InChI=1S/C16H26N2O2S/c1-4-9-17-10-14-5-7-15(8-6-14)21-12-16(19)18-13(2)11-20-3/h5-8,13,17H,4,9-12H2,1-3H3,(H,18,19). The molecule has 0 aliphatic carbocycles. The van der Waals surface area contributed by atoms with E-state index in [1.54, 1.807) is 18.9 Å². The Kier molecular flexibility index (Phi) is 9.14. The van der Waals surface area contributed by atoms with Gasteiger partial charge in [0.15, 0.2) is 0 Å². The lowest BCUT2D eigenvalue weighted by atomic mass is 10.2. The van der Waals surface area contributed by atoms with E-state index in [4.69, 9.17) is 4.74 Å². The average molecular weight is 310 g/mol. The van der Waals surface area contributed by atoms with Gasteiger partial charge in [-0.1, -0.05) is 19.1 Å². The van der Waals surface area contributed by atoms with Crippen LogP contribution >= 0.6 is 11.8 Å². The van der Waals surface area contributed by atoms with Gasteiger partial charge in [0, 0.05) is 24.6 Å². The fourth-order valence-corrected chi connectivity index (χ4v) is 2.58. The van der Waals surface area contributed by atoms with Crippen LogP contribution in [0.1, 0.15) is 25.8 Å². The van der Waals surface area contributed by atoms with E-state index in [1.807, 2.05) is 6.92 Å². The van der Waals surface area contributed by atoms with Gasteiger partial charge in [0.1, 0.15) is 0 Å². The zero-order valence-electron chi connectivity index (χ0n) is 13.1. The van der Waals surface area contributed by atoms with Crippen LogP contribution in [-0.4, -0.2) is 38.0 Å². The first-order valence-corrected chi connectivity index (χ1v) is 8.35. The normalized spacial score (nSPS) is 12.1. The highest BCUT2D eigenvalue weighted by Crippen LogP contribution is 2.18. The van der Waals surface area contributed by atoms with Crippen LogP contribution in [0.3, 0.4) is 0 Å². The van der Waals surface area contributed by atoms with Crippen molar-refractivity contribution in [3.63, 3.8) is 0 Å². The molecule has 1 atom stereocenters. The Hall–Kier alpha value is -1.04. The maximum Gasteiger partial charge on any atom is 0.230 e. The molecule has 0 radical (unpaired) electrons. The second kappa shape index (κ2) is 10.7. The number of thioether (sulfide) groups is 1. The monoisotopic (exact) mass is 310 g/mol. The van der Waals surface area contributed by atoms with Gasteiger partial charge in [-0.15, -0.1) is 11.8 Å². The third-order valence-corrected chi connectivity index (χ3v) is 3.89. The zero-order valence-corrected chi connectivity index (χ0v) is 14.0. The van der Waals surface area contributed by atoms with Crippen molar-refractivity contribution in [2.24, 2.45) is 0 Å². The smallest absolute Gasteiger partial charge is 0.230 e. The lowest BCUT2D eigenvalue weighted by Crippen LogP contribution is -2.36. The molecular formula is C16H26N2O2S. The average Bonchev–Trinajstić information content (AvgIpc) is 2.47. The Morgan fingerprint density at radius 2 is 2.05 bits per heavy atom. The van der Waals surface area contributed by atoms with Crippen molar-refractivity contribution >= 4 is 17.7 Å². The number of carbonyl (C=O) groups is 1. The minimum atomic E-state index is 0.0400. The quantitative estimate of drug-likeness (QED) is 0.515. The van der Waals surface area contributed by atoms with E-state index in [-0.39, 0.29) is 11.9 Å². The van der Waals surface area contributed by atoms with E-state index in [0.717, 1.165) is 24.4 Å². The van der Waals surface area contributed by atoms with Crippen LogP contribution in [-0.2, 0) is 16.1 Å². The van der Waals surface area contributed by atoms with Gasteiger partial charge in [-0.2, -0.15) is 0 Å². The number of hydrogen-bond acceptors (Lipinski definition) is 4. The van der Waals surface area contributed by atoms with Crippen LogP contribution < -0.4 is 10.6 Å². The van der Waals surface area contributed by atoms with Crippen LogP contribution in [0.2, 0.25) is 0 Å². The Labute approximate surface area is 132 Å². The Morgan fingerprint density at radius 3 is 2.67 bits per heavy atom. The highest BCUT2D eigenvalue weighted by Gasteiger charge is 2.07. The first kappa shape index (κ1) is 18.0. The summed E-state index contributed by atoms with van der Waals surface area (Å²) < 4.78 is 4.99. The fourth-order valence-electron chi connectivity index (χ4n) is 1.87. The van der Waals surface area contributed by atoms with Crippen molar-refractivity contribution in [2.75, 3.05) is 26.0 Å². The number of nitrogens with one attached hydrogen (secondary N) is 2. The first-order valence-electron chi connectivity index (χ1n) is 7.36. The summed E-state index contributed by atoms with van der Waals surface area (Å²) in [7, 11) is 1.63. The second-order valence-electron chi connectivity index (χ2n) is 5.03. The van der Waals surface area contributed by atoms with E-state index < -0.39 is 0 Å². The highest BCUT2D eigenvalue weighted by atomic mass is 32.2. The van der Waals surface area contributed by atoms with E-state index in [2.05, 4.69) is 41.8 Å². The molecule has 0 bridgehead atoms. The van der Waals surface area contributed by atoms with Crippen molar-refractivity contribution in [1.82, 2.24) is 10.6 Å². The molecule has 1 unspecified atom stereocenters. The number of benzene rings is 1. The fraction of sp³-hybridized carbons (Fsp3) is 0.562. The van der Waals surface area contributed by atoms with Gasteiger partial charge >= 0.3 is 0 Å². The van der Waals surface area contributed by atoms with Crippen LogP contribution in [0.5, 0.6) is 0 Å². The summed E-state index contributed by atoms with van der Waals surface area (Å²) in [5.74, 6) is 0.472. The van der Waals surface area contributed by atoms with E-state index in [9.17, 15) is 4.79 Å². The molecule has 1 amide bonds. The van der Waals surface area contributed by atoms with Crippen molar-refractivity contribution in [2.45, 2.75) is 37.8 Å². The molecule has 0 heterocycles. The summed E-state index contributed by atoms with van der Waals surface area (Å²) in [6.45, 7) is 6.56. The molecule has 0 aliphatic rings. The molecular weight excluding hydrogens is 284 g/mol. The molecule has 4 nitrogen and oxygen atoms in total. The van der Waals surface area contributed by atoms with Crippen LogP contribution in [0.15, 0.2) is 29.2 Å². The largest absolute Gasteiger partial charge is 0.383 e. The number of rotatable bonds is 10. The summed E-state index contributed by atoms with van der Waals surface area (Å²) in [4.78, 5) is 12.9. The maximum absolute atomic E-state index is 11.7. The van der Waals surface area contributed by atoms with Gasteiger partial charge in [0.25, 0.3) is 0 Å². The topological polar surface area (TPSA) is 50.4 Å². The molecule has 21 heavy (non-hydrogen) atoms. The number of amides is 1. The second-order valence-corrected chi connectivity index (χ2v) is 6.08.